The van der Waals surface area contributed by atoms with Crippen LogP contribution in [-0.4, -0.2) is 37.2 Å². The van der Waals surface area contributed by atoms with Gasteiger partial charge < -0.3 is 14.2 Å². The molecule has 0 radical (unpaired) electrons. The highest BCUT2D eigenvalue weighted by Gasteiger charge is 2.19. The molecule has 0 fully saturated rings. The molecule has 0 aliphatic heterocycles. The molecule has 0 heterocycles. The van der Waals surface area contributed by atoms with E-state index < -0.39 is 6.10 Å². The van der Waals surface area contributed by atoms with Gasteiger partial charge in [0.05, 0.1) is 0 Å². The average molecular weight is 1150 g/mol. The Morgan fingerprint density at radius 3 is 0.747 bits per heavy atom. The topological polar surface area (TPSA) is 78.9 Å². The molecule has 1 unspecified atom stereocenters. The zero-order chi connectivity index (χ0) is 59.9. The Balaban J connectivity index is 4.40. The predicted octanol–water partition coefficient (Wildman–Crippen LogP) is 24.6. The summed E-state index contributed by atoms with van der Waals surface area (Å²) in [6.45, 7) is 6.54. The Morgan fingerprint density at radius 2 is 0.470 bits per heavy atom. The van der Waals surface area contributed by atoms with E-state index in [1.807, 2.05) is 0 Å². The third-order valence-corrected chi connectivity index (χ3v) is 15.3. The number of allylic oxidation sites excluding steroid dienone is 18. The van der Waals surface area contributed by atoms with Crippen LogP contribution in [0.3, 0.4) is 0 Å². The lowest BCUT2D eigenvalue weighted by atomic mass is 10.0. The molecule has 0 aromatic rings. The van der Waals surface area contributed by atoms with Crippen LogP contribution in [0, 0.1) is 0 Å². The smallest absolute Gasteiger partial charge is 0.306 e. The molecule has 0 rings (SSSR count). The molecule has 0 saturated heterocycles. The molecule has 6 heteroatoms. The van der Waals surface area contributed by atoms with Gasteiger partial charge in [-0.05, 0) is 109 Å². The number of hydrogen-bond donors (Lipinski definition) is 0. The SMILES string of the molecule is CC/C=C\C/C=C\C/C=C\C/C=C\C/C=C\C/C=C\C/C=C\C/C=C\CCCCCCC(=O)OCC(COC(=O)CCCCCCCCCCCCCCCCCCC)OC(=O)CCCCCCCCCCC/C=C\CCCCCCCC. The van der Waals surface area contributed by atoms with Crippen molar-refractivity contribution in [1.29, 1.82) is 0 Å². The fourth-order valence-corrected chi connectivity index (χ4v) is 9.99. The van der Waals surface area contributed by atoms with Crippen molar-refractivity contribution >= 4 is 17.9 Å². The number of esters is 3. The molecule has 0 aromatic heterocycles. The summed E-state index contributed by atoms with van der Waals surface area (Å²) in [6.07, 6.45) is 96.7. The highest BCUT2D eigenvalue weighted by molar-refractivity contribution is 5.71. The molecule has 0 N–H and O–H groups in total. The average Bonchev–Trinajstić information content (AvgIpc) is 3.49. The summed E-state index contributed by atoms with van der Waals surface area (Å²) in [5, 5.41) is 0. The number of carbonyl (C=O) groups excluding carboxylic acids is 3. The minimum atomic E-state index is -0.792. The summed E-state index contributed by atoms with van der Waals surface area (Å²) >= 11 is 0. The lowest BCUT2D eigenvalue weighted by Crippen LogP contribution is -2.30. The van der Waals surface area contributed by atoms with Crippen LogP contribution in [0.15, 0.2) is 109 Å². The molecule has 6 nitrogen and oxygen atoms in total. The van der Waals surface area contributed by atoms with E-state index in [2.05, 4.69) is 130 Å². The van der Waals surface area contributed by atoms with Gasteiger partial charge in [-0.15, -0.1) is 0 Å². The number of rotatable bonds is 64. The minimum Gasteiger partial charge on any atom is -0.462 e. The van der Waals surface area contributed by atoms with E-state index in [4.69, 9.17) is 14.2 Å². The Labute approximate surface area is 514 Å². The first-order valence-electron chi connectivity index (χ1n) is 35.4. The van der Waals surface area contributed by atoms with Gasteiger partial charge >= 0.3 is 17.9 Å². The molecule has 476 valence electrons. The van der Waals surface area contributed by atoms with E-state index in [0.29, 0.717) is 19.3 Å². The number of unbranched alkanes of at least 4 members (excludes halogenated alkanes) is 35. The van der Waals surface area contributed by atoms with Crippen molar-refractivity contribution < 1.29 is 28.6 Å². The van der Waals surface area contributed by atoms with Crippen LogP contribution in [0.4, 0.5) is 0 Å². The van der Waals surface area contributed by atoms with Crippen molar-refractivity contribution in [2.24, 2.45) is 0 Å². The van der Waals surface area contributed by atoms with Crippen molar-refractivity contribution in [2.45, 2.75) is 348 Å². The van der Waals surface area contributed by atoms with Gasteiger partial charge in [-0.3, -0.25) is 14.4 Å². The van der Waals surface area contributed by atoms with Crippen LogP contribution in [-0.2, 0) is 28.6 Å². The van der Waals surface area contributed by atoms with Gasteiger partial charge in [0.2, 0.25) is 0 Å². The van der Waals surface area contributed by atoms with Crippen LogP contribution in [0.1, 0.15) is 342 Å². The first-order valence-corrected chi connectivity index (χ1v) is 35.4. The second kappa shape index (κ2) is 70.6. The first kappa shape index (κ1) is 79.1. The summed E-state index contributed by atoms with van der Waals surface area (Å²) in [7, 11) is 0. The van der Waals surface area contributed by atoms with Gasteiger partial charge in [-0.25, -0.2) is 0 Å². The van der Waals surface area contributed by atoms with Crippen LogP contribution in [0.2, 0.25) is 0 Å². The Hall–Kier alpha value is -3.93. The normalized spacial score (nSPS) is 12.8. The monoisotopic (exact) mass is 1150 g/mol. The van der Waals surface area contributed by atoms with E-state index >= 15 is 0 Å². The third-order valence-electron chi connectivity index (χ3n) is 15.3. The summed E-state index contributed by atoms with van der Waals surface area (Å²) in [5.74, 6) is -0.897. The van der Waals surface area contributed by atoms with Crippen molar-refractivity contribution in [3.63, 3.8) is 0 Å². The predicted molar refractivity (Wildman–Crippen MR) is 362 cm³/mol. The van der Waals surface area contributed by atoms with E-state index in [9.17, 15) is 14.4 Å². The van der Waals surface area contributed by atoms with Crippen LogP contribution >= 0.6 is 0 Å². The molecule has 0 aliphatic rings. The maximum absolute atomic E-state index is 13.0. The van der Waals surface area contributed by atoms with Gasteiger partial charge in [0.15, 0.2) is 6.10 Å². The van der Waals surface area contributed by atoms with Crippen LogP contribution in [0.25, 0.3) is 0 Å². The van der Waals surface area contributed by atoms with Gasteiger partial charge in [0.1, 0.15) is 13.2 Å². The highest BCUT2D eigenvalue weighted by atomic mass is 16.6. The fraction of sp³-hybridized carbons (Fsp3) is 0.727. The Morgan fingerprint density at radius 1 is 0.253 bits per heavy atom. The standard InChI is InChI=1S/C77H132O6/c1-4-7-10-13-16-19-22-25-28-31-33-34-35-36-37-38-39-40-41-42-44-46-49-52-55-58-61-64-67-70-76(79)82-73-74(72-81-75(78)69-66-63-60-57-54-51-48-45-30-27-24-21-18-15-12-9-6-3)83-77(80)71-68-65-62-59-56-53-50-47-43-32-29-26-23-20-17-14-11-8-5-2/h7,10,16,19,25-26,28-29,33-34,36-37,39-40,42,44,49,52,74H,4-6,8-9,11-15,17-18,20-24,27,30-32,35,38,41,43,45-48,50-51,53-73H2,1-3H3/b10-7-,19-16-,28-25-,29-26-,34-33-,37-36-,40-39-,44-42-,52-49-. The maximum Gasteiger partial charge on any atom is 0.306 e. The molecule has 0 saturated carbocycles. The van der Waals surface area contributed by atoms with Crippen molar-refractivity contribution in [2.75, 3.05) is 13.2 Å². The molecule has 0 bridgehead atoms. The molecule has 1 atom stereocenters. The van der Waals surface area contributed by atoms with Gasteiger partial charge in [-0.1, -0.05) is 323 Å². The molecule has 0 amide bonds. The first-order chi connectivity index (χ1) is 41.0. The van der Waals surface area contributed by atoms with Crippen molar-refractivity contribution in [3.05, 3.63) is 109 Å². The zero-order valence-electron chi connectivity index (χ0n) is 54.7. The molecule has 0 spiro atoms. The van der Waals surface area contributed by atoms with Crippen LogP contribution in [0.5, 0.6) is 0 Å². The van der Waals surface area contributed by atoms with Crippen LogP contribution < -0.4 is 0 Å². The molecule has 83 heavy (non-hydrogen) atoms. The largest absolute Gasteiger partial charge is 0.462 e. The van der Waals surface area contributed by atoms with E-state index in [1.165, 1.54) is 180 Å². The van der Waals surface area contributed by atoms with Crippen molar-refractivity contribution in [3.8, 4) is 0 Å². The second-order valence-corrected chi connectivity index (χ2v) is 23.4. The number of hydrogen-bond acceptors (Lipinski definition) is 6. The summed E-state index contributed by atoms with van der Waals surface area (Å²) in [6, 6.07) is 0. The number of carbonyl (C=O) groups is 3. The maximum atomic E-state index is 13.0. The van der Waals surface area contributed by atoms with Gasteiger partial charge in [0, 0.05) is 19.3 Å². The Kier molecular flexibility index (Phi) is 67.2. The molecular formula is C77H132O6. The fourth-order valence-electron chi connectivity index (χ4n) is 9.99. The zero-order valence-corrected chi connectivity index (χ0v) is 54.7. The van der Waals surface area contributed by atoms with E-state index in [0.717, 1.165) is 122 Å². The Bertz CT molecular complexity index is 1660. The number of ether oxygens (including phenoxy) is 3. The summed E-state index contributed by atoms with van der Waals surface area (Å²) in [5.41, 5.74) is 0. The van der Waals surface area contributed by atoms with Gasteiger partial charge in [-0.2, -0.15) is 0 Å². The minimum absolute atomic E-state index is 0.0842. The quantitative estimate of drug-likeness (QED) is 0.0261. The van der Waals surface area contributed by atoms with Crippen molar-refractivity contribution in [1.82, 2.24) is 0 Å². The third kappa shape index (κ3) is 68.7. The van der Waals surface area contributed by atoms with E-state index in [-0.39, 0.29) is 31.1 Å². The second-order valence-electron chi connectivity index (χ2n) is 23.4. The molecule has 0 aromatic carbocycles. The summed E-state index contributed by atoms with van der Waals surface area (Å²) < 4.78 is 17.0. The molecule has 0 aliphatic carbocycles. The van der Waals surface area contributed by atoms with E-state index in [1.54, 1.807) is 0 Å². The lowest BCUT2D eigenvalue weighted by molar-refractivity contribution is -0.167. The van der Waals surface area contributed by atoms with Gasteiger partial charge in [0.25, 0.3) is 0 Å². The summed E-state index contributed by atoms with van der Waals surface area (Å²) in [4.78, 5) is 38.5. The molecular weight excluding hydrogens is 1020 g/mol. The highest BCUT2D eigenvalue weighted by Crippen LogP contribution is 2.17. The lowest BCUT2D eigenvalue weighted by Gasteiger charge is -2.18.